The molecule has 3 rings (SSSR count). The first-order valence-electron chi connectivity index (χ1n) is 9.33. The molecule has 6 N–H and O–H groups in total. The van der Waals surface area contributed by atoms with Gasteiger partial charge in [-0.15, -0.1) is 0 Å². The Bertz CT molecular complexity index is 799. The molecule has 2 aromatic carbocycles. The Morgan fingerprint density at radius 3 is 1.34 bits per heavy atom. The first kappa shape index (κ1) is 24.0. The molecule has 0 aliphatic carbocycles. The van der Waals surface area contributed by atoms with Crippen molar-refractivity contribution >= 4 is 23.3 Å². The third-order valence-electron chi connectivity index (χ3n) is 4.86. The summed E-state index contributed by atoms with van der Waals surface area (Å²) in [6, 6.07) is 6.57. The van der Waals surface area contributed by atoms with Crippen molar-refractivity contribution in [2.24, 2.45) is 0 Å². The normalized spacial score (nSPS) is 12.3. The van der Waals surface area contributed by atoms with E-state index in [1.807, 2.05) is 27.7 Å². The number of hydrogen-bond acceptors (Lipinski definition) is 5. The third kappa shape index (κ3) is 6.80. The summed E-state index contributed by atoms with van der Waals surface area (Å²) in [7, 11) is 0. The fourth-order valence-corrected chi connectivity index (χ4v) is 2.56. The van der Waals surface area contributed by atoms with E-state index in [0.29, 0.717) is 11.4 Å². The number of ether oxygens (including phenoxy) is 1. The standard InChI is InChI=1S/2C9H11NO2.C4H8O/c2*1-5-3-4-7(9(11)12)8(10)6(5)2;1-2-4-5-3-1/h2*3-4H,10H2,1-2H3,(H,11,12);1-4H2. The minimum Gasteiger partial charge on any atom is -0.478 e. The fourth-order valence-electron chi connectivity index (χ4n) is 2.56. The van der Waals surface area contributed by atoms with Crippen LogP contribution >= 0.6 is 0 Å². The molecule has 0 spiro atoms. The van der Waals surface area contributed by atoms with Gasteiger partial charge in [-0.25, -0.2) is 9.59 Å². The molecule has 0 atom stereocenters. The molecular weight excluding hydrogens is 372 g/mol. The summed E-state index contributed by atoms with van der Waals surface area (Å²) in [6.07, 6.45) is 2.56. The van der Waals surface area contributed by atoms with Crippen LogP contribution in [0.3, 0.4) is 0 Å². The van der Waals surface area contributed by atoms with Crippen LogP contribution in [-0.4, -0.2) is 35.4 Å². The zero-order chi connectivity index (χ0) is 22.1. The quantitative estimate of drug-likeness (QED) is 0.558. The van der Waals surface area contributed by atoms with Gasteiger partial charge in [-0.3, -0.25) is 0 Å². The van der Waals surface area contributed by atoms with Gasteiger partial charge in [-0.1, -0.05) is 12.1 Å². The second-order valence-electron chi connectivity index (χ2n) is 6.87. The Hall–Kier alpha value is -3.06. The smallest absolute Gasteiger partial charge is 0.337 e. The molecular formula is C22H30N2O5. The second-order valence-corrected chi connectivity index (χ2v) is 6.87. The highest BCUT2D eigenvalue weighted by Crippen LogP contribution is 2.20. The zero-order valence-corrected chi connectivity index (χ0v) is 17.4. The average molecular weight is 402 g/mol. The van der Waals surface area contributed by atoms with Crippen LogP contribution in [0.1, 0.15) is 55.8 Å². The summed E-state index contributed by atoms with van der Waals surface area (Å²) in [5.41, 5.74) is 16.0. The SMILES string of the molecule is C1CCOC1.Cc1ccc(C(=O)O)c(N)c1C.Cc1ccc(C(=O)O)c(N)c1C. The van der Waals surface area contributed by atoms with Gasteiger partial charge in [0.25, 0.3) is 0 Å². The van der Waals surface area contributed by atoms with Crippen LogP contribution in [0.2, 0.25) is 0 Å². The fraction of sp³-hybridized carbons (Fsp3) is 0.364. The lowest BCUT2D eigenvalue weighted by Gasteiger charge is -2.06. The van der Waals surface area contributed by atoms with E-state index in [4.69, 9.17) is 26.4 Å². The minimum absolute atomic E-state index is 0.179. The lowest BCUT2D eigenvalue weighted by Crippen LogP contribution is -2.04. The van der Waals surface area contributed by atoms with Crippen LogP contribution < -0.4 is 11.5 Å². The first-order valence-corrected chi connectivity index (χ1v) is 9.33. The predicted octanol–water partition coefficient (Wildman–Crippen LogP) is 3.96. The maximum Gasteiger partial charge on any atom is 0.337 e. The molecule has 0 unspecified atom stereocenters. The van der Waals surface area contributed by atoms with Gasteiger partial charge in [-0.05, 0) is 74.9 Å². The van der Waals surface area contributed by atoms with Crippen molar-refractivity contribution in [3.05, 3.63) is 57.6 Å². The van der Waals surface area contributed by atoms with Crippen LogP contribution in [0.25, 0.3) is 0 Å². The summed E-state index contributed by atoms with van der Waals surface area (Å²) in [6.45, 7) is 9.43. The molecule has 7 heteroatoms. The van der Waals surface area contributed by atoms with Gasteiger partial charge in [0.05, 0.1) is 11.1 Å². The molecule has 7 nitrogen and oxygen atoms in total. The number of carboxylic acid groups (broad SMARTS) is 2. The molecule has 1 saturated heterocycles. The number of carboxylic acids is 2. The molecule has 1 aliphatic heterocycles. The van der Waals surface area contributed by atoms with E-state index in [1.165, 1.54) is 25.0 Å². The number of rotatable bonds is 2. The van der Waals surface area contributed by atoms with Gasteiger partial charge < -0.3 is 26.4 Å². The molecule has 1 heterocycles. The molecule has 0 radical (unpaired) electrons. The van der Waals surface area contributed by atoms with Crippen LogP contribution in [0.4, 0.5) is 11.4 Å². The molecule has 0 saturated carbocycles. The lowest BCUT2D eigenvalue weighted by molar-refractivity contribution is 0.0687. The maximum absolute atomic E-state index is 10.6. The van der Waals surface area contributed by atoms with E-state index in [2.05, 4.69) is 0 Å². The molecule has 2 aromatic rings. The van der Waals surface area contributed by atoms with E-state index in [0.717, 1.165) is 35.5 Å². The highest BCUT2D eigenvalue weighted by molar-refractivity contribution is 5.95. The summed E-state index contributed by atoms with van der Waals surface area (Å²) in [4.78, 5) is 21.2. The van der Waals surface area contributed by atoms with E-state index in [-0.39, 0.29) is 11.1 Å². The van der Waals surface area contributed by atoms with Crippen molar-refractivity contribution in [2.75, 3.05) is 24.7 Å². The summed E-state index contributed by atoms with van der Waals surface area (Å²) >= 11 is 0. The van der Waals surface area contributed by atoms with Gasteiger partial charge in [0.2, 0.25) is 0 Å². The molecule has 29 heavy (non-hydrogen) atoms. The van der Waals surface area contributed by atoms with Crippen molar-refractivity contribution in [1.29, 1.82) is 0 Å². The number of aromatic carboxylic acids is 2. The first-order chi connectivity index (χ1) is 13.6. The number of nitrogen functional groups attached to an aromatic ring is 2. The summed E-state index contributed by atoms with van der Waals surface area (Å²) in [5.74, 6) is -1.95. The third-order valence-corrected chi connectivity index (χ3v) is 4.86. The van der Waals surface area contributed by atoms with Gasteiger partial charge in [0, 0.05) is 24.6 Å². The van der Waals surface area contributed by atoms with E-state index in [1.54, 1.807) is 12.1 Å². The van der Waals surface area contributed by atoms with Gasteiger partial charge in [-0.2, -0.15) is 0 Å². The van der Waals surface area contributed by atoms with Crippen LogP contribution in [0.15, 0.2) is 24.3 Å². The number of aryl methyl sites for hydroxylation is 2. The van der Waals surface area contributed by atoms with Crippen LogP contribution in [0, 0.1) is 27.7 Å². The number of hydrogen-bond donors (Lipinski definition) is 4. The highest BCUT2D eigenvalue weighted by Gasteiger charge is 2.10. The molecule has 0 bridgehead atoms. The van der Waals surface area contributed by atoms with Gasteiger partial charge in [0.15, 0.2) is 0 Å². The predicted molar refractivity (Wildman–Crippen MR) is 115 cm³/mol. The molecule has 1 aliphatic rings. The van der Waals surface area contributed by atoms with E-state index >= 15 is 0 Å². The average Bonchev–Trinajstić information content (AvgIpc) is 3.24. The van der Waals surface area contributed by atoms with Crippen LogP contribution in [-0.2, 0) is 4.74 Å². The Balaban J connectivity index is 0.000000235. The topological polar surface area (TPSA) is 136 Å². The molecule has 158 valence electrons. The van der Waals surface area contributed by atoms with Crippen molar-refractivity contribution in [3.63, 3.8) is 0 Å². The van der Waals surface area contributed by atoms with E-state index in [9.17, 15) is 9.59 Å². The van der Waals surface area contributed by atoms with Gasteiger partial charge >= 0.3 is 11.9 Å². The monoisotopic (exact) mass is 402 g/mol. The van der Waals surface area contributed by atoms with E-state index < -0.39 is 11.9 Å². The maximum atomic E-state index is 10.6. The minimum atomic E-state index is -0.976. The Kier molecular flexibility index (Phi) is 9.15. The molecule has 0 amide bonds. The lowest BCUT2D eigenvalue weighted by atomic mass is 10.0. The summed E-state index contributed by atoms with van der Waals surface area (Å²) in [5, 5.41) is 17.4. The zero-order valence-electron chi connectivity index (χ0n) is 17.4. The van der Waals surface area contributed by atoms with Crippen molar-refractivity contribution in [1.82, 2.24) is 0 Å². The Morgan fingerprint density at radius 1 is 0.759 bits per heavy atom. The van der Waals surface area contributed by atoms with Gasteiger partial charge in [0.1, 0.15) is 0 Å². The number of carbonyl (C=O) groups is 2. The molecule has 0 aromatic heterocycles. The molecule has 1 fully saturated rings. The number of nitrogens with two attached hydrogens (primary N) is 2. The highest BCUT2D eigenvalue weighted by atomic mass is 16.5. The second kappa shape index (κ2) is 11.1. The van der Waals surface area contributed by atoms with Crippen LogP contribution in [0.5, 0.6) is 0 Å². The Morgan fingerprint density at radius 2 is 1.10 bits per heavy atom. The van der Waals surface area contributed by atoms with Crippen molar-refractivity contribution in [3.8, 4) is 0 Å². The number of benzene rings is 2. The van der Waals surface area contributed by atoms with Crippen molar-refractivity contribution < 1.29 is 24.5 Å². The largest absolute Gasteiger partial charge is 0.478 e. The van der Waals surface area contributed by atoms with Crippen molar-refractivity contribution in [2.45, 2.75) is 40.5 Å². The summed E-state index contributed by atoms with van der Waals surface area (Å²) < 4.78 is 4.94. The number of anilines is 2. The Labute approximate surface area is 171 Å².